The van der Waals surface area contributed by atoms with Gasteiger partial charge in [-0.1, -0.05) is 48.2 Å². The molecule has 1 aromatic carbocycles. The van der Waals surface area contributed by atoms with E-state index >= 15 is 0 Å². The molecule has 5 nitrogen and oxygen atoms in total. The number of amides is 1. The van der Waals surface area contributed by atoms with Crippen molar-refractivity contribution in [3.05, 3.63) is 64.1 Å². The first-order valence-electron chi connectivity index (χ1n) is 8.12. The predicted octanol–water partition coefficient (Wildman–Crippen LogP) is 3.60. The fourth-order valence-electron chi connectivity index (χ4n) is 2.40. The molecule has 0 spiro atoms. The molecule has 0 atom stereocenters. The Hall–Kier alpha value is -2.12. The lowest BCUT2D eigenvalue weighted by Crippen LogP contribution is -2.31. The summed E-state index contributed by atoms with van der Waals surface area (Å²) in [6.45, 7) is 3.32. The Kier molecular flexibility index (Phi) is 6.25. The van der Waals surface area contributed by atoms with Crippen LogP contribution in [0.5, 0.6) is 0 Å². The molecule has 0 fully saturated rings. The fourth-order valence-corrected chi connectivity index (χ4v) is 3.83. The monoisotopic (exact) mass is 372 g/mol. The first-order valence-corrected chi connectivity index (χ1v) is 9.99. The number of thioether (sulfide) groups is 1. The molecule has 0 aliphatic heterocycles. The van der Waals surface area contributed by atoms with Crippen LogP contribution in [0.2, 0.25) is 0 Å². The summed E-state index contributed by atoms with van der Waals surface area (Å²) < 4.78 is 0. The van der Waals surface area contributed by atoms with Gasteiger partial charge in [0.2, 0.25) is 11.1 Å². The van der Waals surface area contributed by atoms with Crippen molar-refractivity contribution in [3.63, 3.8) is 0 Å². The van der Waals surface area contributed by atoms with Gasteiger partial charge >= 0.3 is 0 Å². The third-order valence-corrected chi connectivity index (χ3v) is 5.42. The minimum absolute atomic E-state index is 0.0981. The summed E-state index contributed by atoms with van der Waals surface area (Å²) in [4.78, 5) is 20.0. The van der Waals surface area contributed by atoms with Gasteiger partial charge in [-0.3, -0.25) is 9.89 Å². The van der Waals surface area contributed by atoms with Crippen LogP contribution in [0.15, 0.2) is 53.0 Å². The molecule has 0 saturated heterocycles. The molecule has 25 heavy (non-hydrogen) atoms. The van der Waals surface area contributed by atoms with Crippen molar-refractivity contribution in [2.45, 2.75) is 25.0 Å². The first kappa shape index (κ1) is 17.7. The van der Waals surface area contributed by atoms with Crippen LogP contribution >= 0.6 is 23.1 Å². The number of nitrogens with zero attached hydrogens (tertiary/aromatic N) is 3. The molecule has 2 aromatic heterocycles. The second-order valence-electron chi connectivity index (χ2n) is 5.50. The average molecular weight is 373 g/mol. The number of carbonyl (C=O) groups excluding carboxylic acids is 1. The largest absolute Gasteiger partial charge is 0.338 e. The lowest BCUT2D eigenvalue weighted by Gasteiger charge is -2.20. The molecule has 2 heterocycles. The van der Waals surface area contributed by atoms with E-state index in [2.05, 4.69) is 21.2 Å². The van der Waals surface area contributed by atoms with Crippen LogP contribution in [0.3, 0.4) is 0 Å². The highest BCUT2D eigenvalue weighted by Gasteiger charge is 2.14. The summed E-state index contributed by atoms with van der Waals surface area (Å²) in [6, 6.07) is 14.1. The van der Waals surface area contributed by atoms with E-state index in [0.717, 1.165) is 17.8 Å². The van der Waals surface area contributed by atoms with E-state index in [1.165, 1.54) is 16.6 Å². The highest BCUT2D eigenvalue weighted by molar-refractivity contribution is 7.99. The topological polar surface area (TPSA) is 61.9 Å². The van der Waals surface area contributed by atoms with E-state index in [1.807, 2.05) is 53.6 Å². The SMILES string of the molecule is CCN(Cc1ccccc1)C(=O)CSc1n[nH]c(Cc2cccs2)n1. The van der Waals surface area contributed by atoms with Gasteiger partial charge in [0.15, 0.2) is 0 Å². The van der Waals surface area contributed by atoms with Crippen LogP contribution in [0.1, 0.15) is 23.2 Å². The van der Waals surface area contributed by atoms with Crippen molar-refractivity contribution < 1.29 is 4.79 Å². The number of hydrogen-bond donors (Lipinski definition) is 1. The zero-order valence-electron chi connectivity index (χ0n) is 14.0. The maximum atomic E-state index is 12.5. The minimum atomic E-state index is 0.0981. The molecule has 0 saturated carbocycles. The van der Waals surface area contributed by atoms with Crippen LogP contribution in [0, 0.1) is 0 Å². The predicted molar refractivity (Wildman–Crippen MR) is 102 cm³/mol. The second kappa shape index (κ2) is 8.82. The number of aromatic nitrogens is 3. The van der Waals surface area contributed by atoms with Crippen molar-refractivity contribution in [3.8, 4) is 0 Å². The molecule has 0 aliphatic carbocycles. The number of thiophene rings is 1. The maximum Gasteiger partial charge on any atom is 0.233 e. The van der Waals surface area contributed by atoms with E-state index in [0.29, 0.717) is 24.0 Å². The molecular weight excluding hydrogens is 352 g/mol. The van der Waals surface area contributed by atoms with Gasteiger partial charge in [-0.05, 0) is 23.9 Å². The van der Waals surface area contributed by atoms with Crippen LogP contribution in [-0.4, -0.2) is 38.3 Å². The lowest BCUT2D eigenvalue weighted by atomic mass is 10.2. The summed E-state index contributed by atoms with van der Waals surface area (Å²) in [6.07, 6.45) is 0.744. The second-order valence-corrected chi connectivity index (χ2v) is 7.48. The van der Waals surface area contributed by atoms with Gasteiger partial charge in [0.25, 0.3) is 0 Å². The van der Waals surface area contributed by atoms with E-state index in [1.54, 1.807) is 11.3 Å². The van der Waals surface area contributed by atoms with Gasteiger partial charge in [0.1, 0.15) is 5.82 Å². The first-order chi connectivity index (χ1) is 12.2. The Labute approximate surface area is 155 Å². The quantitative estimate of drug-likeness (QED) is 0.614. The number of rotatable bonds is 8. The van der Waals surface area contributed by atoms with Crippen molar-refractivity contribution in [2.75, 3.05) is 12.3 Å². The van der Waals surface area contributed by atoms with Crippen molar-refractivity contribution >= 4 is 29.0 Å². The van der Waals surface area contributed by atoms with Gasteiger partial charge in [0.05, 0.1) is 5.75 Å². The number of carbonyl (C=O) groups is 1. The Bertz CT molecular complexity index is 787. The summed E-state index contributed by atoms with van der Waals surface area (Å²) >= 11 is 3.07. The third-order valence-electron chi connectivity index (χ3n) is 3.71. The van der Waals surface area contributed by atoms with Crippen LogP contribution in [-0.2, 0) is 17.8 Å². The Morgan fingerprint density at radius 2 is 2.08 bits per heavy atom. The minimum Gasteiger partial charge on any atom is -0.338 e. The molecule has 7 heteroatoms. The molecule has 3 aromatic rings. The maximum absolute atomic E-state index is 12.5. The molecule has 0 unspecified atom stereocenters. The standard InChI is InChI=1S/C18H20N4OS2/c1-2-22(12-14-7-4-3-5-8-14)17(23)13-25-18-19-16(20-21-18)11-15-9-6-10-24-15/h3-10H,2,11-13H2,1H3,(H,19,20,21). The van der Waals surface area contributed by atoms with E-state index < -0.39 is 0 Å². The summed E-state index contributed by atoms with van der Waals surface area (Å²) in [5, 5.41) is 9.82. The molecule has 130 valence electrons. The van der Waals surface area contributed by atoms with Gasteiger partial charge < -0.3 is 4.90 Å². The van der Waals surface area contributed by atoms with E-state index in [9.17, 15) is 4.79 Å². The molecule has 1 N–H and O–H groups in total. The summed E-state index contributed by atoms with van der Waals surface area (Å²) in [5.74, 6) is 1.27. The van der Waals surface area contributed by atoms with Gasteiger partial charge in [-0.25, -0.2) is 4.98 Å². The van der Waals surface area contributed by atoms with Gasteiger partial charge in [-0.15, -0.1) is 16.4 Å². The molecule has 0 bridgehead atoms. The van der Waals surface area contributed by atoms with E-state index in [-0.39, 0.29) is 5.91 Å². The zero-order chi connectivity index (χ0) is 17.5. The smallest absolute Gasteiger partial charge is 0.233 e. The van der Waals surface area contributed by atoms with Crippen molar-refractivity contribution in [1.29, 1.82) is 0 Å². The molecule has 0 aliphatic rings. The summed E-state index contributed by atoms with van der Waals surface area (Å²) in [5.41, 5.74) is 1.14. The number of aromatic amines is 1. The Morgan fingerprint density at radius 1 is 1.24 bits per heavy atom. The number of benzene rings is 1. The van der Waals surface area contributed by atoms with Gasteiger partial charge in [-0.2, -0.15) is 0 Å². The zero-order valence-corrected chi connectivity index (χ0v) is 15.6. The Morgan fingerprint density at radius 3 is 2.80 bits per heavy atom. The van der Waals surface area contributed by atoms with Gasteiger partial charge in [0, 0.05) is 24.4 Å². The molecule has 3 rings (SSSR count). The molecule has 0 radical (unpaired) electrons. The normalized spacial score (nSPS) is 10.8. The highest BCUT2D eigenvalue weighted by atomic mass is 32.2. The fraction of sp³-hybridized carbons (Fsp3) is 0.278. The molecular formula is C18H20N4OS2. The lowest BCUT2D eigenvalue weighted by molar-refractivity contribution is -0.128. The Balaban J connectivity index is 1.51. The third kappa shape index (κ3) is 5.17. The number of hydrogen-bond acceptors (Lipinski definition) is 5. The average Bonchev–Trinajstić information content (AvgIpc) is 3.31. The van der Waals surface area contributed by atoms with Crippen LogP contribution in [0.4, 0.5) is 0 Å². The van der Waals surface area contributed by atoms with E-state index in [4.69, 9.17) is 0 Å². The molecule has 1 amide bonds. The number of H-pyrrole nitrogens is 1. The van der Waals surface area contributed by atoms with Crippen molar-refractivity contribution in [2.24, 2.45) is 0 Å². The summed E-state index contributed by atoms with van der Waals surface area (Å²) in [7, 11) is 0. The van der Waals surface area contributed by atoms with Crippen molar-refractivity contribution in [1.82, 2.24) is 20.1 Å². The highest BCUT2D eigenvalue weighted by Crippen LogP contribution is 2.17. The van der Waals surface area contributed by atoms with Crippen LogP contribution < -0.4 is 0 Å². The number of nitrogens with one attached hydrogen (secondary N) is 1. The van der Waals surface area contributed by atoms with Crippen LogP contribution in [0.25, 0.3) is 0 Å².